The topological polar surface area (TPSA) is 98.8 Å². The Bertz CT molecular complexity index is 1330. The number of piperidine rings is 1. The smallest absolute Gasteiger partial charge is 0.264 e. The van der Waals surface area contributed by atoms with Crippen molar-refractivity contribution in [2.24, 2.45) is 0 Å². The van der Waals surface area contributed by atoms with E-state index in [1.807, 2.05) is 6.92 Å². The molecule has 1 fully saturated rings. The number of nitrogens with zero attached hydrogens (tertiary/aromatic N) is 2. The number of hydrogen-bond acceptors (Lipinski definition) is 5. The third-order valence-electron chi connectivity index (χ3n) is 8.05. The minimum absolute atomic E-state index is 0.0788. The molecule has 2 aromatic carbocycles. The molecule has 0 radical (unpaired) electrons. The monoisotopic (exact) mass is 550 g/mol. The maximum atomic E-state index is 13.3. The summed E-state index contributed by atoms with van der Waals surface area (Å²) in [7, 11) is -4.00. The maximum Gasteiger partial charge on any atom is 0.264 e. The number of sulfonamides is 1. The maximum absolute atomic E-state index is 13.3. The second kappa shape index (κ2) is 11.9. The summed E-state index contributed by atoms with van der Waals surface area (Å²) in [6.07, 6.45) is 10.1. The zero-order valence-electron chi connectivity index (χ0n) is 22.6. The first kappa shape index (κ1) is 27.4. The van der Waals surface area contributed by atoms with E-state index in [-0.39, 0.29) is 23.3 Å². The van der Waals surface area contributed by atoms with Gasteiger partial charge in [0.05, 0.1) is 17.4 Å². The second-order valence-corrected chi connectivity index (χ2v) is 12.7. The number of carbonyl (C=O) groups is 2. The van der Waals surface area contributed by atoms with Gasteiger partial charge < -0.3 is 15.5 Å². The van der Waals surface area contributed by atoms with Crippen molar-refractivity contribution in [3.63, 3.8) is 0 Å². The van der Waals surface area contributed by atoms with Crippen molar-refractivity contribution in [2.75, 3.05) is 19.6 Å². The van der Waals surface area contributed by atoms with Crippen molar-refractivity contribution >= 4 is 21.8 Å². The van der Waals surface area contributed by atoms with Crippen molar-refractivity contribution in [1.82, 2.24) is 19.8 Å². The van der Waals surface area contributed by atoms with Gasteiger partial charge in [-0.15, -0.1) is 0 Å². The average Bonchev–Trinajstić information content (AvgIpc) is 2.94. The molecule has 0 bridgehead atoms. The third-order valence-corrected chi connectivity index (χ3v) is 9.85. The normalized spacial score (nSPS) is 21.8. The Balaban J connectivity index is 1.25. The highest BCUT2D eigenvalue weighted by atomic mass is 32.2. The Hall–Kier alpha value is -3.17. The van der Waals surface area contributed by atoms with E-state index in [9.17, 15) is 18.0 Å². The van der Waals surface area contributed by atoms with Crippen LogP contribution in [0.25, 0.3) is 0 Å². The van der Waals surface area contributed by atoms with Gasteiger partial charge in [0.2, 0.25) is 11.8 Å². The molecule has 8 nitrogen and oxygen atoms in total. The summed E-state index contributed by atoms with van der Waals surface area (Å²) in [4.78, 5) is 28.5. The lowest BCUT2D eigenvalue weighted by molar-refractivity contribution is -0.129. The van der Waals surface area contributed by atoms with Crippen LogP contribution in [-0.2, 0) is 32.5 Å². The largest absolute Gasteiger partial charge is 0.349 e. The second-order valence-electron chi connectivity index (χ2n) is 10.9. The van der Waals surface area contributed by atoms with E-state index >= 15 is 0 Å². The summed E-state index contributed by atoms with van der Waals surface area (Å²) < 4.78 is 27.7. The van der Waals surface area contributed by atoms with Gasteiger partial charge in [-0.25, -0.2) is 8.42 Å². The summed E-state index contributed by atoms with van der Waals surface area (Å²) >= 11 is 0. The standard InChI is InChI=1S/C30H38N4O4S/c1-22-8-11-25(12-9-22)39(37,38)34-19-15-31-30(36)28(34)21-29(35)32-27-7-5-6-24-20-23(10-13-26(24)27)14-18-33-16-3-2-4-17-33/h8-13,15,19-20,27-28H,2-7,14,16-18,21H2,1H3,(H,31,36)(H,32,35)/t27-,28-/m1/s1. The van der Waals surface area contributed by atoms with E-state index in [4.69, 9.17) is 0 Å². The number of nitrogens with one attached hydrogen (secondary N) is 2. The molecule has 2 N–H and O–H groups in total. The van der Waals surface area contributed by atoms with Gasteiger partial charge in [-0.05, 0) is 87.4 Å². The molecule has 9 heteroatoms. The molecule has 0 unspecified atom stereocenters. The highest BCUT2D eigenvalue weighted by Crippen LogP contribution is 2.31. The van der Waals surface area contributed by atoms with Crippen molar-refractivity contribution in [1.29, 1.82) is 0 Å². The van der Waals surface area contributed by atoms with Gasteiger partial charge in [0.15, 0.2) is 0 Å². The van der Waals surface area contributed by atoms with Gasteiger partial charge in [-0.2, -0.15) is 0 Å². The number of rotatable bonds is 8. The molecular formula is C30H38N4O4S. The molecule has 2 heterocycles. The Morgan fingerprint density at radius 3 is 2.59 bits per heavy atom. The van der Waals surface area contributed by atoms with E-state index < -0.39 is 22.0 Å². The van der Waals surface area contributed by atoms with E-state index in [2.05, 4.69) is 33.7 Å². The summed E-state index contributed by atoms with van der Waals surface area (Å²) in [6.45, 7) is 5.34. The Labute approximate surface area is 231 Å². The first-order valence-corrected chi connectivity index (χ1v) is 15.5. The molecule has 2 amide bonds. The molecule has 2 aromatic rings. The fourth-order valence-corrected chi connectivity index (χ4v) is 7.29. The van der Waals surface area contributed by atoms with Crippen LogP contribution in [0.4, 0.5) is 0 Å². The molecule has 0 aromatic heterocycles. The van der Waals surface area contributed by atoms with Crippen LogP contribution >= 0.6 is 0 Å². The van der Waals surface area contributed by atoms with Gasteiger partial charge in [0.25, 0.3) is 10.0 Å². The third kappa shape index (κ3) is 6.36. The molecule has 39 heavy (non-hydrogen) atoms. The fourth-order valence-electron chi connectivity index (χ4n) is 5.84. The van der Waals surface area contributed by atoms with Crippen LogP contribution < -0.4 is 10.6 Å². The van der Waals surface area contributed by atoms with Crippen LogP contribution in [0.15, 0.2) is 59.8 Å². The van der Waals surface area contributed by atoms with E-state index in [0.29, 0.717) is 0 Å². The number of carbonyl (C=O) groups excluding carboxylic acids is 2. The number of benzene rings is 2. The summed E-state index contributed by atoms with van der Waals surface area (Å²) in [5.41, 5.74) is 4.64. The minimum Gasteiger partial charge on any atom is -0.349 e. The van der Waals surface area contributed by atoms with Crippen LogP contribution in [0, 0.1) is 6.92 Å². The predicted molar refractivity (Wildman–Crippen MR) is 150 cm³/mol. The predicted octanol–water partition coefficient (Wildman–Crippen LogP) is 3.57. The molecular weight excluding hydrogens is 512 g/mol. The zero-order chi connectivity index (χ0) is 27.4. The molecule has 208 valence electrons. The molecule has 0 spiro atoms. The molecule has 5 rings (SSSR count). The number of aryl methyl sites for hydroxylation is 2. The van der Waals surface area contributed by atoms with E-state index in [1.165, 1.54) is 68.0 Å². The van der Waals surface area contributed by atoms with Crippen molar-refractivity contribution in [2.45, 2.75) is 75.3 Å². The SMILES string of the molecule is Cc1ccc(S(=O)(=O)N2C=CNC(=O)[C@H]2CC(=O)N[C@@H]2CCCc3cc(CCN4CCCCC4)ccc32)cc1. The van der Waals surface area contributed by atoms with Gasteiger partial charge in [-0.1, -0.05) is 42.3 Å². The van der Waals surface area contributed by atoms with Crippen LogP contribution in [0.3, 0.4) is 0 Å². The van der Waals surface area contributed by atoms with E-state index in [1.54, 1.807) is 12.1 Å². The van der Waals surface area contributed by atoms with Gasteiger partial charge >= 0.3 is 0 Å². The van der Waals surface area contributed by atoms with Crippen LogP contribution in [0.2, 0.25) is 0 Å². The van der Waals surface area contributed by atoms with Crippen LogP contribution in [0.1, 0.15) is 66.8 Å². The Morgan fingerprint density at radius 2 is 1.82 bits per heavy atom. The Morgan fingerprint density at radius 1 is 1.05 bits per heavy atom. The molecule has 0 saturated carbocycles. The number of likely N-dealkylation sites (tertiary alicyclic amines) is 1. The lowest BCUT2D eigenvalue weighted by Crippen LogP contribution is -2.51. The van der Waals surface area contributed by atoms with Crippen molar-refractivity contribution < 1.29 is 18.0 Å². The first-order chi connectivity index (χ1) is 18.8. The van der Waals surface area contributed by atoms with Crippen molar-refractivity contribution in [3.8, 4) is 0 Å². The van der Waals surface area contributed by atoms with Crippen LogP contribution in [-0.4, -0.2) is 55.1 Å². The zero-order valence-corrected chi connectivity index (χ0v) is 23.4. The van der Waals surface area contributed by atoms with Crippen molar-refractivity contribution in [3.05, 3.63) is 77.1 Å². The molecule has 2 atom stereocenters. The molecule has 2 aliphatic heterocycles. The fraction of sp³-hybridized carbons (Fsp3) is 0.467. The van der Waals surface area contributed by atoms with Gasteiger partial charge in [0, 0.05) is 18.9 Å². The number of amides is 2. The first-order valence-electron chi connectivity index (χ1n) is 14.0. The minimum atomic E-state index is -4.00. The number of hydrogen-bond donors (Lipinski definition) is 2. The number of fused-ring (bicyclic) bond motifs is 1. The van der Waals surface area contributed by atoms with Gasteiger partial charge in [0.1, 0.15) is 6.04 Å². The van der Waals surface area contributed by atoms with Crippen LogP contribution in [0.5, 0.6) is 0 Å². The summed E-state index contributed by atoms with van der Waals surface area (Å²) in [5.74, 6) is -0.868. The molecule has 1 aliphatic carbocycles. The quantitative estimate of drug-likeness (QED) is 0.524. The molecule has 3 aliphatic rings. The lowest BCUT2D eigenvalue weighted by Gasteiger charge is -2.32. The Kier molecular flexibility index (Phi) is 8.37. The summed E-state index contributed by atoms with van der Waals surface area (Å²) in [5, 5.41) is 5.64. The van der Waals surface area contributed by atoms with Gasteiger partial charge in [-0.3, -0.25) is 13.9 Å². The molecule has 1 saturated heterocycles. The highest BCUT2D eigenvalue weighted by Gasteiger charge is 2.37. The van der Waals surface area contributed by atoms with E-state index in [0.717, 1.165) is 47.7 Å². The highest BCUT2D eigenvalue weighted by molar-refractivity contribution is 7.89. The average molecular weight is 551 g/mol. The summed E-state index contributed by atoms with van der Waals surface area (Å²) in [6, 6.07) is 11.7. The lowest BCUT2D eigenvalue weighted by atomic mass is 9.86.